The molecular formula is C35H45N7O2S. The number of urea groups is 1. The summed E-state index contributed by atoms with van der Waals surface area (Å²) in [5.41, 5.74) is 5.23. The Hall–Kier alpha value is -3.76. The van der Waals surface area contributed by atoms with Crippen LogP contribution in [-0.2, 0) is 5.41 Å². The topological polar surface area (TPSA) is 118 Å². The number of aromatic nitrogens is 1. The first-order valence-electron chi connectivity index (χ1n) is 16.0. The zero-order chi connectivity index (χ0) is 31.7. The summed E-state index contributed by atoms with van der Waals surface area (Å²) in [6.07, 6.45) is 7.50. The first-order valence-corrected chi connectivity index (χ1v) is 16.9. The summed E-state index contributed by atoms with van der Waals surface area (Å²) in [6, 6.07) is 17.5. The summed E-state index contributed by atoms with van der Waals surface area (Å²) in [5.74, 6) is 1.03. The number of anilines is 2. The molecule has 0 spiro atoms. The van der Waals surface area contributed by atoms with Crippen LogP contribution in [0.1, 0.15) is 88.1 Å². The van der Waals surface area contributed by atoms with Crippen molar-refractivity contribution in [3.05, 3.63) is 83.0 Å². The van der Waals surface area contributed by atoms with Crippen molar-refractivity contribution in [3.8, 4) is 5.75 Å². The first kappa shape index (κ1) is 31.2. The van der Waals surface area contributed by atoms with E-state index in [-0.39, 0.29) is 35.1 Å². The van der Waals surface area contributed by atoms with Gasteiger partial charge in [-0.05, 0) is 117 Å². The number of ether oxygens (including phenoxy) is 1. The molecule has 1 aromatic heterocycles. The number of rotatable bonds is 8. The number of pyridine rings is 1. The van der Waals surface area contributed by atoms with E-state index in [2.05, 4.69) is 65.3 Å². The van der Waals surface area contributed by atoms with Crippen molar-refractivity contribution in [2.75, 3.05) is 23.6 Å². The van der Waals surface area contributed by atoms with E-state index in [0.717, 1.165) is 60.3 Å². The number of carbonyl (C=O) groups excluding carboxylic acids is 1. The Morgan fingerprint density at radius 1 is 0.978 bits per heavy atom. The Kier molecular flexibility index (Phi) is 8.97. The molecule has 5 N–H and O–H groups in total. The van der Waals surface area contributed by atoms with Gasteiger partial charge in [0.25, 0.3) is 0 Å². The molecule has 1 aliphatic heterocycles. The van der Waals surface area contributed by atoms with E-state index >= 15 is 0 Å². The highest BCUT2D eigenvalue weighted by Crippen LogP contribution is 2.39. The summed E-state index contributed by atoms with van der Waals surface area (Å²) in [5, 5.41) is 24.2. The SMILES string of the molecule is CN1CCC[C@H]1C(=N)n1cc(OC2CCC(NC(=O)Nc3cc(NSC4CC4)cc(C(C)(C)C)c3)c3ccccc32)ccc1=N. The molecule has 2 unspecified atom stereocenters. The lowest BCUT2D eigenvalue weighted by Gasteiger charge is -2.32. The Labute approximate surface area is 270 Å². The number of nitrogens with zero attached hydrogens (tertiary/aromatic N) is 2. The van der Waals surface area contributed by atoms with Gasteiger partial charge in [0.1, 0.15) is 23.2 Å². The third-order valence-corrected chi connectivity index (χ3v) is 10.1. The van der Waals surface area contributed by atoms with E-state index in [1.54, 1.807) is 28.8 Å². The largest absolute Gasteiger partial charge is 0.484 e. The maximum absolute atomic E-state index is 13.4. The number of nitrogens with one attached hydrogen (secondary N) is 5. The number of carbonyl (C=O) groups is 1. The van der Waals surface area contributed by atoms with Gasteiger partial charge in [-0.1, -0.05) is 45.0 Å². The monoisotopic (exact) mass is 627 g/mol. The van der Waals surface area contributed by atoms with Gasteiger partial charge < -0.3 is 20.1 Å². The van der Waals surface area contributed by atoms with Crippen LogP contribution >= 0.6 is 11.9 Å². The Morgan fingerprint density at radius 3 is 2.44 bits per heavy atom. The van der Waals surface area contributed by atoms with Gasteiger partial charge in [0.05, 0.1) is 18.3 Å². The van der Waals surface area contributed by atoms with Crippen molar-refractivity contribution in [1.29, 1.82) is 10.8 Å². The molecule has 1 saturated heterocycles. The van der Waals surface area contributed by atoms with Crippen molar-refractivity contribution in [2.24, 2.45) is 0 Å². The molecule has 2 aliphatic carbocycles. The van der Waals surface area contributed by atoms with E-state index in [1.807, 2.05) is 31.3 Å². The molecule has 3 atom stereocenters. The number of benzene rings is 2. The van der Waals surface area contributed by atoms with E-state index in [9.17, 15) is 4.79 Å². The maximum Gasteiger partial charge on any atom is 0.319 e. The van der Waals surface area contributed by atoms with Crippen LogP contribution in [0, 0.1) is 10.8 Å². The summed E-state index contributed by atoms with van der Waals surface area (Å²) >= 11 is 1.76. The van der Waals surface area contributed by atoms with Gasteiger partial charge >= 0.3 is 6.03 Å². The summed E-state index contributed by atoms with van der Waals surface area (Å²) < 4.78 is 11.6. The lowest BCUT2D eigenvalue weighted by Crippen LogP contribution is -2.40. The zero-order valence-electron chi connectivity index (χ0n) is 26.7. The standard InChI is InChI=1S/C35H45N7O2S/c1-35(2,3)22-18-23(20-24(19-22)40-45-26-12-13-26)38-34(43)39-29-14-15-31(28-9-6-5-8-27(28)29)44-25-11-16-32(36)42(21-25)33(37)30-10-7-17-41(30)4/h5-6,8-9,11,16,18-21,26,29-31,36-37,40H,7,10,12-15,17H2,1-4H3,(H2,38,39,43)/t29?,30-,31?/m0/s1. The predicted octanol–water partition coefficient (Wildman–Crippen LogP) is 7.18. The molecule has 2 fully saturated rings. The third kappa shape index (κ3) is 7.39. The number of hydrogen-bond acceptors (Lipinski definition) is 7. The fraction of sp³-hybridized carbons (Fsp3) is 0.457. The van der Waals surface area contributed by atoms with Gasteiger partial charge in [-0.2, -0.15) is 0 Å². The summed E-state index contributed by atoms with van der Waals surface area (Å²) in [6.45, 7) is 7.51. The van der Waals surface area contributed by atoms with Crippen LogP contribution in [0.5, 0.6) is 5.75 Å². The molecule has 0 bridgehead atoms. The van der Waals surface area contributed by atoms with Crippen molar-refractivity contribution >= 4 is 35.2 Å². The van der Waals surface area contributed by atoms with Crippen molar-refractivity contribution in [3.63, 3.8) is 0 Å². The quantitative estimate of drug-likeness (QED) is 0.103. The molecule has 2 aromatic carbocycles. The minimum absolute atomic E-state index is 0.00292. The van der Waals surface area contributed by atoms with Gasteiger partial charge in [0, 0.05) is 16.6 Å². The minimum atomic E-state index is -0.233. The highest BCUT2D eigenvalue weighted by molar-refractivity contribution is 8.01. The van der Waals surface area contributed by atoms with E-state index in [0.29, 0.717) is 16.8 Å². The molecule has 2 heterocycles. The first-order chi connectivity index (χ1) is 21.5. The van der Waals surface area contributed by atoms with E-state index in [1.165, 1.54) is 12.8 Å². The Bertz CT molecular complexity index is 1630. The fourth-order valence-corrected chi connectivity index (χ4v) is 7.00. The van der Waals surface area contributed by atoms with Gasteiger partial charge in [-0.15, -0.1) is 0 Å². The molecule has 238 valence electrons. The molecule has 3 aliphatic rings. The number of likely N-dealkylation sites (tertiary alicyclic amines) is 1. The number of fused-ring (bicyclic) bond motifs is 1. The Balaban J connectivity index is 1.15. The van der Waals surface area contributed by atoms with Crippen LogP contribution in [0.4, 0.5) is 16.2 Å². The highest BCUT2D eigenvalue weighted by Gasteiger charge is 2.31. The van der Waals surface area contributed by atoms with Gasteiger partial charge in [-0.25, -0.2) is 4.79 Å². The van der Waals surface area contributed by atoms with Crippen LogP contribution in [-0.4, -0.2) is 46.2 Å². The van der Waals surface area contributed by atoms with Gasteiger partial charge in [0.2, 0.25) is 0 Å². The van der Waals surface area contributed by atoms with Crippen molar-refractivity contribution < 1.29 is 9.53 Å². The molecule has 1 saturated carbocycles. The fourth-order valence-electron chi connectivity index (χ4n) is 6.21. The molecule has 10 heteroatoms. The molecule has 3 aromatic rings. The van der Waals surface area contributed by atoms with Crippen LogP contribution in [0.15, 0.2) is 60.8 Å². The van der Waals surface area contributed by atoms with Crippen LogP contribution < -0.4 is 25.6 Å². The maximum atomic E-state index is 13.4. The van der Waals surface area contributed by atoms with Crippen LogP contribution in [0.2, 0.25) is 0 Å². The smallest absolute Gasteiger partial charge is 0.319 e. The zero-order valence-corrected chi connectivity index (χ0v) is 27.5. The second kappa shape index (κ2) is 12.9. The molecular weight excluding hydrogens is 582 g/mol. The third-order valence-electron chi connectivity index (χ3n) is 8.96. The number of hydrogen-bond donors (Lipinski definition) is 5. The summed E-state index contributed by atoms with van der Waals surface area (Å²) in [7, 11) is 2.03. The van der Waals surface area contributed by atoms with Crippen LogP contribution in [0.25, 0.3) is 0 Å². The predicted molar refractivity (Wildman–Crippen MR) is 182 cm³/mol. The lowest BCUT2D eigenvalue weighted by molar-refractivity contribution is 0.171. The van der Waals surface area contributed by atoms with Gasteiger partial charge in [0.15, 0.2) is 0 Å². The molecule has 9 nitrogen and oxygen atoms in total. The van der Waals surface area contributed by atoms with Crippen molar-refractivity contribution in [2.45, 2.75) is 88.1 Å². The van der Waals surface area contributed by atoms with Crippen LogP contribution in [0.3, 0.4) is 0 Å². The normalized spacial score (nSPS) is 21.6. The number of likely N-dealkylation sites (N-methyl/N-ethyl adjacent to an activating group) is 1. The minimum Gasteiger partial charge on any atom is -0.484 e. The lowest BCUT2D eigenvalue weighted by atomic mass is 9.85. The van der Waals surface area contributed by atoms with Crippen molar-refractivity contribution in [1.82, 2.24) is 14.8 Å². The average Bonchev–Trinajstić information content (AvgIpc) is 3.75. The highest BCUT2D eigenvalue weighted by atomic mass is 32.2. The van der Waals surface area contributed by atoms with E-state index in [4.69, 9.17) is 15.6 Å². The van der Waals surface area contributed by atoms with Gasteiger partial charge in [-0.3, -0.25) is 20.3 Å². The second-order valence-electron chi connectivity index (χ2n) is 13.6. The summed E-state index contributed by atoms with van der Waals surface area (Å²) in [4.78, 5) is 15.5. The Morgan fingerprint density at radius 2 is 1.73 bits per heavy atom. The second-order valence-corrected chi connectivity index (χ2v) is 14.7. The number of amides is 2. The van der Waals surface area contributed by atoms with E-state index < -0.39 is 0 Å². The molecule has 45 heavy (non-hydrogen) atoms. The molecule has 2 amide bonds. The molecule has 0 radical (unpaired) electrons. The molecule has 6 rings (SSSR count). The average molecular weight is 628 g/mol.